The second-order valence-corrected chi connectivity index (χ2v) is 3.67. The topological polar surface area (TPSA) is 30.8 Å². The summed E-state index contributed by atoms with van der Waals surface area (Å²) in [4.78, 5) is 4.41. The number of aliphatic imine (C=N–C) groups is 1. The van der Waals surface area contributed by atoms with Crippen molar-refractivity contribution in [1.82, 2.24) is 0 Å². The van der Waals surface area contributed by atoms with Gasteiger partial charge in [-0.05, 0) is 24.3 Å². The third kappa shape index (κ3) is 2.69. The minimum Gasteiger partial charge on any atom is -0.496 e. The van der Waals surface area contributed by atoms with Crippen LogP contribution in [0, 0.1) is 0 Å². The van der Waals surface area contributed by atoms with Crippen LogP contribution in [0.15, 0.2) is 53.5 Å². The van der Waals surface area contributed by atoms with Gasteiger partial charge in [0.15, 0.2) is 0 Å². The van der Waals surface area contributed by atoms with Crippen molar-refractivity contribution in [2.75, 3.05) is 14.2 Å². The zero-order valence-corrected chi connectivity index (χ0v) is 10.5. The molecule has 0 aliphatic carbocycles. The fourth-order valence-electron chi connectivity index (χ4n) is 1.66. The van der Waals surface area contributed by atoms with Gasteiger partial charge in [-0.2, -0.15) is 0 Å². The van der Waals surface area contributed by atoms with Crippen molar-refractivity contribution in [2.24, 2.45) is 4.99 Å². The molecule has 0 bridgehead atoms. The summed E-state index contributed by atoms with van der Waals surface area (Å²) < 4.78 is 10.6. The molecule has 0 saturated heterocycles. The Morgan fingerprint density at radius 2 is 1.44 bits per heavy atom. The molecular weight excluding hydrogens is 226 g/mol. The number of para-hydroxylation sites is 1. The van der Waals surface area contributed by atoms with Gasteiger partial charge in [-0.25, -0.2) is 0 Å². The third-order valence-corrected chi connectivity index (χ3v) is 2.56. The summed E-state index contributed by atoms with van der Waals surface area (Å²) >= 11 is 0. The van der Waals surface area contributed by atoms with Gasteiger partial charge in [-0.1, -0.05) is 24.3 Å². The van der Waals surface area contributed by atoms with Gasteiger partial charge in [-0.3, -0.25) is 4.99 Å². The Balaban J connectivity index is 2.36. The van der Waals surface area contributed by atoms with E-state index in [2.05, 4.69) is 4.99 Å². The van der Waals surface area contributed by atoms with E-state index >= 15 is 0 Å². The summed E-state index contributed by atoms with van der Waals surface area (Å²) in [6.45, 7) is 0. The van der Waals surface area contributed by atoms with E-state index in [9.17, 15) is 0 Å². The standard InChI is InChI=1S/C15H15NO2/c1-17-14-9-6-10-15(18-2)13(14)11-16-12-7-4-3-5-8-12/h3-11H,1-2H3. The van der Waals surface area contributed by atoms with E-state index in [1.54, 1.807) is 20.4 Å². The Kier molecular flexibility index (Phi) is 3.97. The molecule has 2 aromatic rings. The Morgan fingerprint density at radius 3 is 2.00 bits per heavy atom. The fourth-order valence-corrected chi connectivity index (χ4v) is 1.66. The average Bonchev–Trinajstić information content (AvgIpc) is 2.45. The Labute approximate surface area is 107 Å². The van der Waals surface area contributed by atoms with Crippen molar-refractivity contribution in [2.45, 2.75) is 0 Å². The highest BCUT2D eigenvalue weighted by Crippen LogP contribution is 2.26. The highest BCUT2D eigenvalue weighted by molar-refractivity contribution is 5.89. The van der Waals surface area contributed by atoms with Crippen molar-refractivity contribution in [1.29, 1.82) is 0 Å². The quantitative estimate of drug-likeness (QED) is 0.767. The SMILES string of the molecule is COc1cccc(OC)c1C=Nc1ccccc1. The fraction of sp³-hybridized carbons (Fsp3) is 0.133. The summed E-state index contributed by atoms with van der Waals surface area (Å²) in [6.07, 6.45) is 1.76. The van der Waals surface area contributed by atoms with Crippen LogP contribution in [-0.2, 0) is 0 Å². The van der Waals surface area contributed by atoms with Crippen molar-refractivity contribution in [3.05, 3.63) is 54.1 Å². The maximum Gasteiger partial charge on any atom is 0.131 e. The molecule has 0 aromatic heterocycles. The number of nitrogens with zero attached hydrogens (tertiary/aromatic N) is 1. The normalized spacial score (nSPS) is 10.6. The minimum absolute atomic E-state index is 0.744. The average molecular weight is 241 g/mol. The van der Waals surface area contributed by atoms with Crippen molar-refractivity contribution < 1.29 is 9.47 Å². The van der Waals surface area contributed by atoms with Crippen LogP contribution in [-0.4, -0.2) is 20.4 Å². The van der Waals surface area contributed by atoms with Gasteiger partial charge in [0.25, 0.3) is 0 Å². The van der Waals surface area contributed by atoms with Gasteiger partial charge in [0.05, 0.1) is 25.5 Å². The molecule has 0 N–H and O–H groups in total. The molecule has 2 aromatic carbocycles. The van der Waals surface area contributed by atoms with Gasteiger partial charge in [0.2, 0.25) is 0 Å². The summed E-state index contributed by atoms with van der Waals surface area (Å²) in [5, 5.41) is 0. The Hall–Kier alpha value is -2.29. The second-order valence-electron chi connectivity index (χ2n) is 3.67. The minimum atomic E-state index is 0.744. The highest BCUT2D eigenvalue weighted by Gasteiger charge is 2.06. The zero-order chi connectivity index (χ0) is 12.8. The van der Waals surface area contributed by atoms with E-state index in [4.69, 9.17) is 9.47 Å². The smallest absolute Gasteiger partial charge is 0.131 e. The molecule has 2 rings (SSSR count). The van der Waals surface area contributed by atoms with E-state index < -0.39 is 0 Å². The number of hydrogen-bond acceptors (Lipinski definition) is 3. The first kappa shape index (κ1) is 12.2. The first-order valence-electron chi connectivity index (χ1n) is 5.65. The Bertz CT molecular complexity index is 513. The summed E-state index contributed by atoms with van der Waals surface area (Å²) in [5.41, 5.74) is 1.73. The molecule has 0 fully saturated rings. The molecule has 3 nitrogen and oxygen atoms in total. The van der Waals surface area contributed by atoms with Crippen LogP contribution in [0.2, 0.25) is 0 Å². The molecule has 3 heteroatoms. The zero-order valence-electron chi connectivity index (χ0n) is 10.5. The van der Waals surface area contributed by atoms with Gasteiger partial charge in [0.1, 0.15) is 11.5 Å². The van der Waals surface area contributed by atoms with Crippen LogP contribution in [0.1, 0.15) is 5.56 Å². The summed E-state index contributed by atoms with van der Waals surface area (Å²) in [6, 6.07) is 15.4. The summed E-state index contributed by atoms with van der Waals surface area (Å²) in [7, 11) is 3.27. The molecule has 0 radical (unpaired) electrons. The predicted molar refractivity (Wildman–Crippen MR) is 73.2 cm³/mol. The van der Waals surface area contributed by atoms with Crippen LogP contribution in [0.25, 0.3) is 0 Å². The van der Waals surface area contributed by atoms with Crippen molar-refractivity contribution >= 4 is 11.9 Å². The lowest BCUT2D eigenvalue weighted by molar-refractivity contribution is 0.393. The number of hydrogen-bond donors (Lipinski definition) is 0. The van der Waals surface area contributed by atoms with Gasteiger partial charge in [0, 0.05) is 6.21 Å². The van der Waals surface area contributed by atoms with Crippen molar-refractivity contribution in [3.63, 3.8) is 0 Å². The molecular formula is C15H15NO2. The lowest BCUT2D eigenvalue weighted by atomic mass is 10.2. The molecule has 0 aliphatic heterocycles. The van der Waals surface area contributed by atoms with E-state index in [-0.39, 0.29) is 0 Å². The number of benzene rings is 2. The molecule has 0 atom stereocenters. The molecule has 0 spiro atoms. The van der Waals surface area contributed by atoms with Crippen LogP contribution < -0.4 is 9.47 Å². The molecule has 92 valence electrons. The van der Waals surface area contributed by atoms with E-state index in [0.29, 0.717) is 0 Å². The largest absolute Gasteiger partial charge is 0.496 e. The number of ether oxygens (including phenoxy) is 2. The molecule has 0 heterocycles. The first-order valence-corrected chi connectivity index (χ1v) is 5.65. The monoisotopic (exact) mass is 241 g/mol. The Morgan fingerprint density at radius 1 is 0.833 bits per heavy atom. The molecule has 0 unspecified atom stereocenters. The molecule has 0 amide bonds. The first-order chi connectivity index (χ1) is 8.85. The molecule has 0 saturated carbocycles. The maximum absolute atomic E-state index is 5.30. The van der Waals surface area contributed by atoms with Crippen LogP contribution in [0.5, 0.6) is 11.5 Å². The van der Waals surface area contributed by atoms with E-state index in [1.165, 1.54) is 0 Å². The lowest BCUT2D eigenvalue weighted by Crippen LogP contribution is -1.95. The number of methoxy groups -OCH3 is 2. The van der Waals surface area contributed by atoms with Gasteiger partial charge >= 0.3 is 0 Å². The van der Waals surface area contributed by atoms with Crippen LogP contribution in [0.4, 0.5) is 5.69 Å². The highest BCUT2D eigenvalue weighted by atomic mass is 16.5. The molecule has 18 heavy (non-hydrogen) atoms. The maximum atomic E-state index is 5.30. The van der Waals surface area contributed by atoms with Gasteiger partial charge < -0.3 is 9.47 Å². The lowest BCUT2D eigenvalue weighted by Gasteiger charge is -2.08. The number of rotatable bonds is 4. The summed E-state index contributed by atoms with van der Waals surface area (Å²) in [5.74, 6) is 1.49. The van der Waals surface area contributed by atoms with Crippen molar-refractivity contribution in [3.8, 4) is 11.5 Å². The van der Waals surface area contributed by atoms with E-state index in [0.717, 1.165) is 22.7 Å². The van der Waals surface area contributed by atoms with E-state index in [1.807, 2.05) is 48.5 Å². The van der Waals surface area contributed by atoms with Crippen LogP contribution >= 0.6 is 0 Å². The van der Waals surface area contributed by atoms with Crippen LogP contribution in [0.3, 0.4) is 0 Å². The third-order valence-electron chi connectivity index (χ3n) is 2.56. The van der Waals surface area contributed by atoms with Gasteiger partial charge in [-0.15, -0.1) is 0 Å². The predicted octanol–water partition coefficient (Wildman–Crippen LogP) is 3.45. The second kappa shape index (κ2) is 5.87. The molecule has 0 aliphatic rings.